The molecule has 0 aromatic carbocycles. The van der Waals surface area contributed by atoms with E-state index >= 15 is 0 Å². The quantitative estimate of drug-likeness (QED) is 0.752. The van der Waals surface area contributed by atoms with Gasteiger partial charge in [-0.1, -0.05) is 0 Å². The minimum atomic E-state index is -4.61. The number of nitrogens with zero attached hydrogens (tertiary/aromatic N) is 1. The first kappa shape index (κ1) is 12.8. The van der Waals surface area contributed by atoms with Crippen LogP contribution in [0.5, 0.6) is 5.75 Å². The Labute approximate surface area is 91.2 Å². The van der Waals surface area contributed by atoms with Crippen molar-refractivity contribution in [3.63, 3.8) is 0 Å². The standard InChI is InChI=1S/C10H12F3NO2/c1-7-3-4-9(8(2)14-7)15-5-6-16-10(11,12)13/h3-4H,5-6H2,1-2H3. The lowest BCUT2D eigenvalue weighted by Crippen LogP contribution is -2.18. The van der Waals surface area contributed by atoms with Crippen LogP contribution in [0, 0.1) is 13.8 Å². The van der Waals surface area contributed by atoms with Crippen LogP contribution in [0.3, 0.4) is 0 Å². The van der Waals surface area contributed by atoms with Gasteiger partial charge in [0.1, 0.15) is 12.4 Å². The largest absolute Gasteiger partial charge is 0.522 e. The van der Waals surface area contributed by atoms with Gasteiger partial charge in [0.2, 0.25) is 0 Å². The first-order valence-corrected chi connectivity index (χ1v) is 4.66. The lowest BCUT2D eigenvalue weighted by atomic mass is 10.3. The smallest absolute Gasteiger partial charge is 0.489 e. The van der Waals surface area contributed by atoms with Crippen molar-refractivity contribution in [2.45, 2.75) is 20.2 Å². The maximum atomic E-state index is 11.6. The molecule has 16 heavy (non-hydrogen) atoms. The zero-order chi connectivity index (χ0) is 12.2. The second-order valence-corrected chi connectivity index (χ2v) is 3.18. The summed E-state index contributed by atoms with van der Waals surface area (Å²) in [5.41, 5.74) is 1.48. The molecule has 1 aromatic rings. The summed E-state index contributed by atoms with van der Waals surface area (Å²) in [6.45, 7) is 2.86. The third-order valence-corrected chi connectivity index (χ3v) is 1.78. The van der Waals surface area contributed by atoms with E-state index < -0.39 is 13.0 Å². The number of rotatable bonds is 4. The van der Waals surface area contributed by atoms with Gasteiger partial charge < -0.3 is 4.74 Å². The first-order valence-electron chi connectivity index (χ1n) is 4.66. The number of halogens is 3. The molecule has 0 fully saturated rings. The molecule has 3 nitrogen and oxygen atoms in total. The molecule has 1 rings (SSSR count). The maximum absolute atomic E-state index is 11.6. The number of aryl methyl sites for hydroxylation is 2. The van der Waals surface area contributed by atoms with Crippen molar-refractivity contribution in [3.8, 4) is 5.75 Å². The molecular formula is C10H12F3NO2. The van der Waals surface area contributed by atoms with Gasteiger partial charge in [-0.2, -0.15) is 0 Å². The van der Waals surface area contributed by atoms with Crippen molar-refractivity contribution in [2.75, 3.05) is 13.2 Å². The van der Waals surface area contributed by atoms with Crippen molar-refractivity contribution in [3.05, 3.63) is 23.5 Å². The summed E-state index contributed by atoms with van der Waals surface area (Å²) in [6, 6.07) is 3.40. The molecule has 0 aliphatic carbocycles. The van der Waals surface area contributed by atoms with Crippen LogP contribution in [-0.4, -0.2) is 24.6 Å². The lowest BCUT2D eigenvalue weighted by molar-refractivity contribution is -0.325. The SMILES string of the molecule is Cc1ccc(OCCOC(F)(F)F)c(C)n1. The van der Waals surface area contributed by atoms with Gasteiger partial charge in [-0.3, -0.25) is 9.72 Å². The Morgan fingerprint density at radius 1 is 1.19 bits per heavy atom. The van der Waals surface area contributed by atoms with E-state index in [0.29, 0.717) is 11.4 Å². The van der Waals surface area contributed by atoms with Crippen molar-refractivity contribution in [1.82, 2.24) is 4.98 Å². The summed E-state index contributed by atoms with van der Waals surface area (Å²) in [6.07, 6.45) is -4.61. The van der Waals surface area contributed by atoms with E-state index in [1.54, 1.807) is 19.1 Å². The highest BCUT2D eigenvalue weighted by molar-refractivity contribution is 5.27. The lowest BCUT2D eigenvalue weighted by Gasteiger charge is -2.10. The van der Waals surface area contributed by atoms with Crippen molar-refractivity contribution in [2.24, 2.45) is 0 Å². The molecule has 6 heteroatoms. The summed E-state index contributed by atoms with van der Waals surface area (Å²) in [4.78, 5) is 4.11. The average Bonchev–Trinajstić information content (AvgIpc) is 2.13. The highest BCUT2D eigenvalue weighted by atomic mass is 19.4. The highest BCUT2D eigenvalue weighted by Gasteiger charge is 2.28. The number of hydrogen-bond acceptors (Lipinski definition) is 3. The van der Waals surface area contributed by atoms with E-state index in [4.69, 9.17) is 4.74 Å². The summed E-state index contributed by atoms with van der Waals surface area (Å²) in [5, 5.41) is 0. The Bertz CT molecular complexity index is 352. The number of ether oxygens (including phenoxy) is 2. The van der Waals surface area contributed by atoms with Gasteiger partial charge in [0.25, 0.3) is 0 Å². The van der Waals surface area contributed by atoms with Crippen LogP contribution < -0.4 is 4.74 Å². The Kier molecular flexibility index (Phi) is 4.12. The third-order valence-electron chi connectivity index (χ3n) is 1.78. The highest BCUT2D eigenvalue weighted by Crippen LogP contribution is 2.17. The van der Waals surface area contributed by atoms with Gasteiger partial charge in [-0.25, -0.2) is 0 Å². The molecular weight excluding hydrogens is 223 g/mol. The van der Waals surface area contributed by atoms with Crippen LogP contribution in [0.4, 0.5) is 13.2 Å². The summed E-state index contributed by atoms with van der Waals surface area (Å²) in [7, 11) is 0. The van der Waals surface area contributed by atoms with Crippen LogP contribution in [-0.2, 0) is 4.74 Å². The van der Waals surface area contributed by atoms with Gasteiger partial charge in [0, 0.05) is 5.69 Å². The van der Waals surface area contributed by atoms with Crippen molar-refractivity contribution >= 4 is 0 Å². The maximum Gasteiger partial charge on any atom is 0.522 e. The topological polar surface area (TPSA) is 31.4 Å². The second-order valence-electron chi connectivity index (χ2n) is 3.18. The molecule has 0 saturated heterocycles. The fourth-order valence-electron chi connectivity index (χ4n) is 1.14. The van der Waals surface area contributed by atoms with E-state index in [-0.39, 0.29) is 6.61 Å². The molecule has 0 aliphatic rings. The predicted molar refractivity (Wildman–Crippen MR) is 51.2 cm³/mol. The zero-order valence-corrected chi connectivity index (χ0v) is 8.97. The van der Waals surface area contributed by atoms with E-state index in [1.807, 2.05) is 6.92 Å². The molecule has 0 unspecified atom stereocenters. The summed E-state index contributed by atoms with van der Waals surface area (Å²) >= 11 is 0. The number of alkyl halides is 3. The number of aromatic nitrogens is 1. The molecule has 0 spiro atoms. The minimum Gasteiger partial charge on any atom is -0.489 e. The summed E-state index contributed by atoms with van der Waals surface area (Å²) in [5.74, 6) is 0.469. The molecule has 0 saturated carbocycles. The van der Waals surface area contributed by atoms with Crippen LogP contribution in [0.2, 0.25) is 0 Å². The van der Waals surface area contributed by atoms with Crippen molar-refractivity contribution < 1.29 is 22.6 Å². The van der Waals surface area contributed by atoms with Gasteiger partial charge in [0.05, 0.1) is 12.3 Å². The van der Waals surface area contributed by atoms with E-state index in [2.05, 4.69) is 9.72 Å². The number of pyridine rings is 1. The normalized spacial score (nSPS) is 11.6. The van der Waals surface area contributed by atoms with Gasteiger partial charge in [0.15, 0.2) is 0 Å². The van der Waals surface area contributed by atoms with Gasteiger partial charge in [-0.05, 0) is 26.0 Å². The fraction of sp³-hybridized carbons (Fsp3) is 0.500. The molecule has 1 heterocycles. The molecule has 0 aliphatic heterocycles. The molecule has 0 radical (unpaired) electrons. The van der Waals surface area contributed by atoms with Crippen LogP contribution in [0.15, 0.2) is 12.1 Å². The molecule has 90 valence electrons. The Hall–Kier alpha value is -1.30. The van der Waals surface area contributed by atoms with Gasteiger partial charge >= 0.3 is 6.36 Å². The van der Waals surface area contributed by atoms with Crippen LogP contribution in [0.1, 0.15) is 11.4 Å². The molecule has 0 N–H and O–H groups in total. The average molecular weight is 235 g/mol. The molecule has 0 amide bonds. The second kappa shape index (κ2) is 5.16. The Balaban J connectivity index is 2.38. The van der Waals surface area contributed by atoms with E-state index in [0.717, 1.165) is 5.69 Å². The minimum absolute atomic E-state index is 0.162. The predicted octanol–water partition coefficient (Wildman–Crippen LogP) is 2.61. The fourth-order valence-corrected chi connectivity index (χ4v) is 1.14. The molecule has 0 atom stereocenters. The van der Waals surface area contributed by atoms with Gasteiger partial charge in [-0.15, -0.1) is 13.2 Å². The zero-order valence-electron chi connectivity index (χ0n) is 8.97. The molecule has 1 aromatic heterocycles. The Morgan fingerprint density at radius 3 is 2.44 bits per heavy atom. The molecule has 0 bridgehead atoms. The van der Waals surface area contributed by atoms with Crippen molar-refractivity contribution in [1.29, 1.82) is 0 Å². The number of hydrogen-bond donors (Lipinski definition) is 0. The van der Waals surface area contributed by atoms with Crippen LogP contribution >= 0.6 is 0 Å². The van der Waals surface area contributed by atoms with Crippen LogP contribution in [0.25, 0.3) is 0 Å². The Morgan fingerprint density at radius 2 is 1.88 bits per heavy atom. The van der Waals surface area contributed by atoms with E-state index in [9.17, 15) is 13.2 Å². The monoisotopic (exact) mass is 235 g/mol. The third kappa shape index (κ3) is 4.48. The van der Waals surface area contributed by atoms with E-state index in [1.165, 1.54) is 0 Å². The first-order chi connectivity index (χ1) is 7.38. The summed E-state index contributed by atoms with van der Waals surface area (Å²) < 4.78 is 43.5.